The molecule has 0 saturated carbocycles. The van der Waals surface area contributed by atoms with E-state index in [1.54, 1.807) is 0 Å². The highest BCUT2D eigenvalue weighted by Gasteiger charge is 2.12. The van der Waals surface area contributed by atoms with Gasteiger partial charge in [-0.05, 0) is 43.5 Å². The third-order valence-corrected chi connectivity index (χ3v) is 3.64. The Morgan fingerprint density at radius 2 is 1.83 bits per heavy atom. The SMILES string of the molecule is CCCOc1ccc(C(O)CCN(CCC)CCC(=O)O)cc1. The van der Waals surface area contributed by atoms with Crippen molar-refractivity contribution < 1.29 is 19.7 Å². The summed E-state index contributed by atoms with van der Waals surface area (Å²) in [5, 5.41) is 19.1. The number of hydrogen-bond donors (Lipinski definition) is 2. The number of rotatable bonds is 12. The second-order valence-corrected chi connectivity index (χ2v) is 5.71. The van der Waals surface area contributed by atoms with Gasteiger partial charge in [-0.3, -0.25) is 4.79 Å². The van der Waals surface area contributed by atoms with E-state index in [9.17, 15) is 9.90 Å². The number of carbonyl (C=O) groups is 1. The average molecular weight is 323 g/mol. The number of nitrogens with zero attached hydrogens (tertiary/aromatic N) is 1. The maximum Gasteiger partial charge on any atom is 0.304 e. The molecule has 0 spiro atoms. The van der Waals surface area contributed by atoms with E-state index in [0.717, 1.165) is 30.7 Å². The van der Waals surface area contributed by atoms with Crippen molar-refractivity contribution in [3.05, 3.63) is 29.8 Å². The minimum Gasteiger partial charge on any atom is -0.494 e. The van der Waals surface area contributed by atoms with Crippen LogP contribution in [0.4, 0.5) is 0 Å². The van der Waals surface area contributed by atoms with Crippen LogP contribution in [0.1, 0.15) is 51.2 Å². The quantitative estimate of drug-likeness (QED) is 0.618. The lowest BCUT2D eigenvalue weighted by Crippen LogP contribution is -2.29. The van der Waals surface area contributed by atoms with Crippen LogP contribution in [0.5, 0.6) is 5.75 Å². The third-order valence-electron chi connectivity index (χ3n) is 3.64. The van der Waals surface area contributed by atoms with Gasteiger partial charge in [0.2, 0.25) is 0 Å². The predicted molar refractivity (Wildman–Crippen MR) is 90.8 cm³/mol. The van der Waals surface area contributed by atoms with Gasteiger partial charge in [-0.15, -0.1) is 0 Å². The Balaban J connectivity index is 2.46. The number of benzene rings is 1. The summed E-state index contributed by atoms with van der Waals surface area (Å²) in [5.74, 6) is 0.0335. The normalized spacial score (nSPS) is 12.3. The van der Waals surface area contributed by atoms with E-state index in [-0.39, 0.29) is 6.42 Å². The first-order valence-electron chi connectivity index (χ1n) is 8.41. The molecule has 0 aliphatic heterocycles. The average Bonchev–Trinajstić information content (AvgIpc) is 2.55. The molecule has 1 aromatic rings. The van der Waals surface area contributed by atoms with Crippen molar-refractivity contribution in [1.82, 2.24) is 4.90 Å². The van der Waals surface area contributed by atoms with Crippen LogP contribution in [0.15, 0.2) is 24.3 Å². The Kier molecular flexibility index (Phi) is 9.33. The summed E-state index contributed by atoms with van der Waals surface area (Å²) in [5.41, 5.74) is 0.864. The number of carboxylic acid groups (broad SMARTS) is 1. The molecular weight excluding hydrogens is 294 g/mol. The van der Waals surface area contributed by atoms with E-state index >= 15 is 0 Å². The zero-order valence-corrected chi connectivity index (χ0v) is 14.2. The van der Waals surface area contributed by atoms with Crippen molar-refractivity contribution in [1.29, 1.82) is 0 Å². The summed E-state index contributed by atoms with van der Waals surface area (Å²) < 4.78 is 5.53. The van der Waals surface area contributed by atoms with Crippen molar-refractivity contribution in [2.24, 2.45) is 0 Å². The van der Waals surface area contributed by atoms with E-state index in [4.69, 9.17) is 9.84 Å². The fourth-order valence-electron chi connectivity index (χ4n) is 2.38. The molecule has 0 radical (unpaired) electrons. The van der Waals surface area contributed by atoms with Gasteiger partial charge in [0.05, 0.1) is 19.1 Å². The second kappa shape index (κ2) is 11.0. The molecule has 0 heterocycles. The fourth-order valence-corrected chi connectivity index (χ4v) is 2.38. The summed E-state index contributed by atoms with van der Waals surface area (Å²) in [6.07, 6.45) is 2.13. The number of ether oxygens (including phenoxy) is 1. The van der Waals surface area contributed by atoms with E-state index < -0.39 is 12.1 Å². The molecule has 0 fully saturated rings. The summed E-state index contributed by atoms with van der Waals surface area (Å²) in [4.78, 5) is 12.8. The van der Waals surface area contributed by atoms with Crippen molar-refractivity contribution in [3.63, 3.8) is 0 Å². The van der Waals surface area contributed by atoms with Gasteiger partial charge in [-0.25, -0.2) is 0 Å². The van der Waals surface area contributed by atoms with Crippen LogP contribution >= 0.6 is 0 Å². The molecule has 0 aromatic heterocycles. The lowest BCUT2D eigenvalue weighted by Gasteiger charge is -2.22. The van der Waals surface area contributed by atoms with Crippen molar-refractivity contribution in [2.45, 2.75) is 45.6 Å². The predicted octanol–water partition coefficient (Wildman–Crippen LogP) is 3.09. The Labute approximate surface area is 138 Å². The minimum absolute atomic E-state index is 0.138. The summed E-state index contributed by atoms with van der Waals surface area (Å²) in [7, 11) is 0. The highest BCUT2D eigenvalue weighted by molar-refractivity contribution is 5.66. The molecule has 1 atom stereocenters. The molecule has 2 N–H and O–H groups in total. The Hall–Kier alpha value is -1.59. The van der Waals surface area contributed by atoms with Crippen molar-refractivity contribution in [3.8, 4) is 5.75 Å². The van der Waals surface area contributed by atoms with Gasteiger partial charge in [-0.1, -0.05) is 26.0 Å². The highest BCUT2D eigenvalue weighted by atomic mass is 16.5. The lowest BCUT2D eigenvalue weighted by molar-refractivity contribution is -0.137. The number of aliphatic hydroxyl groups excluding tert-OH is 1. The first-order valence-corrected chi connectivity index (χ1v) is 8.41. The van der Waals surface area contributed by atoms with Crippen LogP contribution in [0.3, 0.4) is 0 Å². The molecule has 0 amide bonds. The Morgan fingerprint density at radius 3 is 2.39 bits per heavy atom. The molecular formula is C18H29NO4. The molecule has 5 nitrogen and oxygen atoms in total. The minimum atomic E-state index is -0.783. The van der Waals surface area contributed by atoms with E-state index in [1.165, 1.54) is 0 Å². The first kappa shape index (κ1) is 19.5. The lowest BCUT2D eigenvalue weighted by atomic mass is 10.1. The Bertz CT molecular complexity index is 447. The summed E-state index contributed by atoms with van der Waals surface area (Å²) in [6.45, 7) is 6.89. The fraction of sp³-hybridized carbons (Fsp3) is 0.611. The van der Waals surface area contributed by atoms with Gasteiger partial charge in [-0.2, -0.15) is 0 Å². The van der Waals surface area contributed by atoms with Crippen LogP contribution in [-0.2, 0) is 4.79 Å². The second-order valence-electron chi connectivity index (χ2n) is 5.71. The number of aliphatic hydroxyl groups is 1. The van der Waals surface area contributed by atoms with Gasteiger partial charge in [0.25, 0.3) is 0 Å². The molecule has 0 aliphatic rings. The topological polar surface area (TPSA) is 70.0 Å². The van der Waals surface area contributed by atoms with Crippen LogP contribution in [0, 0.1) is 0 Å². The largest absolute Gasteiger partial charge is 0.494 e. The van der Waals surface area contributed by atoms with Crippen molar-refractivity contribution in [2.75, 3.05) is 26.2 Å². The van der Waals surface area contributed by atoms with Crippen LogP contribution in [0.2, 0.25) is 0 Å². The standard InChI is InChI=1S/C18H29NO4/c1-3-11-19(13-10-18(21)22)12-9-17(20)15-5-7-16(8-6-15)23-14-4-2/h5-8,17,20H,3-4,9-14H2,1-2H3,(H,21,22). The van der Waals surface area contributed by atoms with E-state index in [0.29, 0.717) is 26.1 Å². The number of hydrogen-bond acceptors (Lipinski definition) is 4. The molecule has 0 saturated heterocycles. The summed E-state index contributed by atoms with van der Waals surface area (Å²) in [6, 6.07) is 7.53. The smallest absolute Gasteiger partial charge is 0.304 e. The van der Waals surface area contributed by atoms with E-state index in [1.807, 2.05) is 24.3 Å². The third kappa shape index (κ3) is 8.00. The van der Waals surface area contributed by atoms with Gasteiger partial charge in [0.1, 0.15) is 5.75 Å². The van der Waals surface area contributed by atoms with Gasteiger partial charge >= 0.3 is 5.97 Å². The van der Waals surface area contributed by atoms with Gasteiger partial charge in [0.15, 0.2) is 0 Å². The molecule has 0 aliphatic carbocycles. The Morgan fingerprint density at radius 1 is 1.13 bits per heavy atom. The van der Waals surface area contributed by atoms with E-state index in [2.05, 4.69) is 18.7 Å². The monoisotopic (exact) mass is 323 g/mol. The zero-order valence-electron chi connectivity index (χ0n) is 14.2. The molecule has 1 rings (SSSR count). The maximum absolute atomic E-state index is 10.7. The van der Waals surface area contributed by atoms with Gasteiger partial charge in [0, 0.05) is 13.1 Å². The number of aliphatic carboxylic acids is 1. The highest BCUT2D eigenvalue weighted by Crippen LogP contribution is 2.20. The van der Waals surface area contributed by atoms with Crippen molar-refractivity contribution >= 4 is 5.97 Å². The first-order chi connectivity index (χ1) is 11.1. The van der Waals surface area contributed by atoms with Gasteiger partial charge < -0.3 is 19.8 Å². The van der Waals surface area contributed by atoms with Crippen LogP contribution in [0.25, 0.3) is 0 Å². The zero-order chi connectivity index (χ0) is 17.1. The maximum atomic E-state index is 10.7. The molecule has 1 unspecified atom stereocenters. The van der Waals surface area contributed by atoms with Crippen LogP contribution in [-0.4, -0.2) is 47.3 Å². The molecule has 0 bridgehead atoms. The molecule has 1 aromatic carbocycles. The van der Waals surface area contributed by atoms with Crippen LogP contribution < -0.4 is 4.74 Å². The molecule has 23 heavy (non-hydrogen) atoms. The summed E-state index contributed by atoms with van der Waals surface area (Å²) >= 11 is 0. The number of carboxylic acids is 1. The molecule has 130 valence electrons. The molecule has 5 heteroatoms.